The first-order valence-electron chi connectivity index (χ1n) is 9.22. The summed E-state index contributed by atoms with van der Waals surface area (Å²) in [5.74, 6) is -0.253. The number of carbonyl (C=O) groups is 2. The zero-order valence-electron chi connectivity index (χ0n) is 16.2. The topological polar surface area (TPSA) is 66.4 Å². The molecule has 0 saturated heterocycles. The van der Waals surface area contributed by atoms with E-state index < -0.39 is 12.0 Å². The SMILES string of the molecule is Cc1ccc(CSC[C@H](NC(=O)[C@H](CS)Cc2ccccc2)C(=O)O)cc1C. The third-order valence-corrected chi connectivity index (χ3v) is 6.20. The molecule has 2 rings (SSSR count). The van der Waals surface area contributed by atoms with Gasteiger partial charge < -0.3 is 10.4 Å². The number of amides is 1. The van der Waals surface area contributed by atoms with E-state index in [1.54, 1.807) is 0 Å². The van der Waals surface area contributed by atoms with Gasteiger partial charge in [0, 0.05) is 17.3 Å². The van der Waals surface area contributed by atoms with Gasteiger partial charge in [-0.05, 0) is 42.5 Å². The fourth-order valence-corrected chi connectivity index (χ4v) is 4.08. The number of aliphatic carboxylic acids is 1. The maximum absolute atomic E-state index is 12.6. The molecule has 0 radical (unpaired) electrons. The van der Waals surface area contributed by atoms with Crippen molar-refractivity contribution in [1.29, 1.82) is 0 Å². The van der Waals surface area contributed by atoms with E-state index in [1.807, 2.05) is 30.3 Å². The average Bonchev–Trinajstić information content (AvgIpc) is 2.68. The zero-order valence-corrected chi connectivity index (χ0v) is 17.9. The Kier molecular flexibility index (Phi) is 8.93. The highest BCUT2D eigenvalue weighted by molar-refractivity contribution is 7.98. The maximum Gasteiger partial charge on any atom is 0.327 e. The van der Waals surface area contributed by atoms with Crippen LogP contribution in [0.25, 0.3) is 0 Å². The minimum Gasteiger partial charge on any atom is -0.480 e. The van der Waals surface area contributed by atoms with Crippen molar-refractivity contribution >= 4 is 36.3 Å². The largest absolute Gasteiger partial charge is 0.480 e. The molecule has 2 aromatic carbocycles. The lowest BCUT2D eigenvalue weighted by atomic mass is 10.00. The van der Waals surface area contributed by atoms with E-state index in [9.17, 15) is 14.7 Å². The molecule has 2 N–H and O–H groups in total. The molecule has 0 aliphatic carbocycles. The number of thioether (sulfide) groups is 1. The predicted molar refractivity (Wildman–Crippen MR) is 119 cm³/mol. The second-order valence-electron chi connectivity index (χ2n) is 6.90. The first kappa shape index (κ1) is 22.4. The Morgan fingerprint density at radius 2 is 1.79 bits per heavy atom. The molecule has 0 aliphatic rings. The maximum atomic E-state index is 12.6. The van der Waals surface area contributed by atoms with Crippen LogP contribution in [0.5, 0.6) is 0 Å². The van der Waals surface area contributed by atoms with Gasteiger partial charge in [-0.1, -0.05) is 48.5 Å². The number of thiol groups is 1. The Hall–Kier alpha value is -1.92. The normalized spacial score (nSPS) is 13.0. The monoisotopic (exact) mass is 417 g/mol. The van der Waals surface area contributed by atoms with Crippen molar-refractivity contribution in [1.82, 2.24) is 5.32 Å². The van der Waals surface area contributed by atoms with Crippen LogP contribution in [0.15, 0.2) is 48.5 Å². The number of hydrogen-bond acceptors (Lipinski definition) is 4. The molecule has 28 heavy (non-hydrogen) atoms. The number of rotatable bonds is 10. The molecule has 4 nitrogen and oxygen atoms in total. The van der Waals surface area contributed by atoms with E-state index in [2.05, 4.69) is 50.0 Å². The number of carbonyl (C=O) groups excluding carboxylic acids is 1. The Bertz CT molecular complexity index is 796. The Morgan fingerprint density at radius 1 is 1.07 bits per heavy atom. The lowest BCUT2D eigenvalue weighted by Crippen LogP contribution is -2.46. The lowest BCUT2D eigenvalue weighted by Gasteiger charge is -2.19. The molecule has 2 aromatic rings. The summed E-state index contributed by atoms with van der Waals surface area (Å²) in [5, 5.41) is 12.2. The Labute approximate surface area is 176 Å². The minimum absolute atomic E-state index is 0.266. The number of benzene rings is 2. The molecular formula is C22H27NO3S2. The van der Waals surface area contributed by atoms with Gasteiger partial charge >= 0.3 is 5.97 Å². The van der Waals surface area contributed by atoms with Crippen molar-refractivity contribution in [2.24, 2.45) is 5.92 Å². The summed E-state index contributed by atoms with van der Waals surface area (Å²) >= 11 is 5.79. The molecular weight excluding hydrogens is 390 g/mol. The molecule has 1 amide bonds. The third-order valence-electron chi connectivity index (χ3n) is 4.66. The van der Waals surface area contributed by atoms with Crippen LogP contribution in [0.3, 0.4) is 0 Å². The van der Waals surface area contributed by atoms with Crippen molar-refractivity contribution < 1.29 is 14.7 Å². The Morgan fingerprint density at radius 3 is 2.39 bits per heavy atom. The van der Waals surface area contributed by atoms with Gasteiger partial charge in [-0.2, -0.15) is 24.4 Å². The zero-order chi connectivity index (χ0) is 20.5. The van der Waals surface area contributed by atoms with Crippen LogP contribution in [0.1, 0.15) is 22.3 Å². The van der Waals surface area contributed by atoms with E-state index in [1.165, 1.54) is 22.9 Å². The first-order valence-corrected chi connectivity index (χ1v) is 11.0. The van der Waals surface area contributed by atoms with E-state index in [0.717, 1.165) is 11.1 Å². The van der Waals surface area contributed by atoms with Gasteiger partial charge in [-0.25, -0.2) is 4.79 Å². The molecule has 2 atom stereocenters. The lowest BCUT2D eigenvalue weighted by molar-refractivity contribution is -0.141. The van der Waals surface area contributed by atoms with Gasteiger partial charge in [0.25, 0.3) is 0 Å². The van der Waals surface area contributed by atoms with Crippen molar-refractivity contribution in [3.63, 3.8) is 0 Å². The molecule has 6 heteroatoms. The van der Waals surface area contributed by atoms with Crippen molar-refractivity contribution in [2.45, 2.75) is 32.1 Å². The van der Waals surface area contributed by atoms with Crippen molar-refractivity contribution in [3.8, 4) is 0 Å². The summed E-state index contributed by atoms with van der Waals surface area (Å²) in [4.78, 5) is 24.2. The van der Waals surface area contributed by atoms with Gasteiger partial charge in [-0.3, -0.25) is 4.79 Å². The fraction of sp³-hybridized carbons (Fsp3) is 0.364. The number of carboxylic acids is 1. The molecule has 0 bridgehead atoms. The van der Waals surface area contributed by atoms with Gasteiger partial charge in [0.15, 0.2) is 0 Å². The second kappa shape index (κ2) is 11.2. The van der Waals surface area contributed by atoms with E-state index in [4.69, 9.17) is 0 Å². The molecule has 0 heterocycles. The summed E-state index contributed by atoms with van der Waals surface area (Å²) in [6, 6.07) is 15.0. The average molecular weight is 418 g/mol. The molecule has 150 valence electrons. The van der Waals surface area contributed by atoms with E-state index >= 15 is 0 Å². The summed E-state index contributed by atoms with van der Waals surface area (Å²) in [6.45, 7) is 4.13. The molecule has 0 aromatic heterocycles. The van der Waals surface area contributed by atoms with Gasteiger partial charge in [0.2, 0.25) is 5.91 Å². The minimum atomic E-state index is -1.02. The predicted octanol–water partition coefficient (Wildman–Crippen LogP) is 3.89. The summed E-state index contributed by atoms with van der Waals surface area (Å²) in [6.07, 6.45) is 0.540. The van der Waals surface area contributed by atoms with Crippen molar-refractivity contribution in [2.75, 3.05) is 11.5 Å². The molecule has 0 spiro atoms. The summed E-state index contributed by atoms with van der Waals surface area (Å²) in [7, 11) is 0. The van der Waals surface area contributed by atoms with E-state index in [0.29, 0.717) is 23.7 Å². The standard InChI is InChI=1S/C22H27NO3S2/c1-15-8-9-18(10-16(15)2)13-28-14-20(22(25)26)23-21(24)19(12-27)11-17-6-4-3-5-7-17/h3-10,19-20,27H,11-14H2,1-2H3,(H,23,24)(H,25,26)/t19-,20-/m0/s1. The van der Waals surface area contributed by atoms with Crippen LogP contribution in [0.2, 0.25) is 0 Å². The van der Waals surface area contributed by atoms with Crippen LogP contribution >= 0.6 is 24.4 Å². The summed E-state index contributed by atoms with van der Waals surface area (Å²) < 4.78 is 0. The van der Waals surface area contributed by atoms with Crippen molar-refractivity contribution in [3.05, 3.63) is 70.8 Å². The number of aryl methyl sites for hydroxylation is 2. The highest BCUT2D eigenvalue weighted by atomic mass is 32.2. The fourth-order valence-electron chi connectivity index (χ4n) is 2.79. The molecule has 0 unspecified atom stereocenters. The van der Waals surface area contributed by atoms with Crippen LogP contribution in [-0.4, -0.2) is 34.5 Å². The molecule has 0 aliphatic heterocycles. The quantitative estimate of drug-likeness (QED) is 0.513. The highest BCUT2D eigenvalue weighted by Gasteiger charge is 2.24. The first-order chi connectivity index (χ1) is 13.4. The number of hydrogen-bond donors (Lipinski definition) is 3. The van der Waals surface area contributed by atoms with Gasteiger partial charge in [0.1, 0.15) is 6.04 Å². The summed E-state index contributed by atoms with van der Waals surface area (Å²) in [5.41, 5.74) is 4.65. The third kappa shape index (κ3) is 6.91. The smallest absolute Gasteiger partial charge is 0.327 e. The molecule has 0 fully saturated rings. The van der Waals surface area contributed by atoms with Crippen LogP contribution in [-0.2, 0) is 21.8 Å². The Balaban J connectivity index is 1.90. The number of carboxylic acid groups (broad SMARTS) is 1. The number of nitrogens with one attached hydrogen (secondary N) is 1. The van der Waals surface area contributed by atoms with Crippen LogP contribution in [0, 0.1) is 19.8 Å². The second-order valence-corrected chi connectivity index (χ2v) is 8.30. The highest BCUT2D eigenvalue weighted by Crippen LogP contribution is 2.17. The van der Waals surface area contributed by atoms with Crippen LogP contribution < -0.4 is 5.32 Å². The van der Waals surface area contributed by atoms with Crippen LogP contribution in [0.4, 0.5) is 0 Å². The van der Waals surface area contributed by atoms with Gasteiger partial charge in [-0.15, -0.1) is 0 Å². The molecule has 0 saturated carbocycles. The van der Waals surface area contributed by atoms with Gasteiger partial charge in [0.05, 0.1) is 5.92 Å². The van der Waals surface area contributed by atoms with E-state index in [-0.39, 0.29) is 11.8 Å².